The second-order valence-electron chi connectivity index (χ2n) is 10.6. The van der Waals surface area contributed by atoms with E-state index in [0.29, 0.717) is 68.4 Å². The minimum absolute atomic E-state index is 0.0166. The molecule has 0 spiro atoms. The van der Waals surface area contributed by atoms with Crippen LogP contribution in [0.1, 0.15) is 51.4 Å². The summed E-state index contributed by atoms with van der Waals surface area (Å²) in [6.45, 7) is 1.39. The molecule has 2 saturated carbocycles. The summed E-state index contributed by atoms with van der Waals surface area (Å²) < 4.78 is 0. The van der Waals surface area contributed by atoms with Crippen LogP contribution in [0.15, 0.2) is 24.3 Å². The molecule has 3 N–H and O–H groups in total. The van der Waals surface area contributed by atoms with E-state index in [1.165, 1.54) is 19.3 Å². The number of fused-ring (bicyclic) bond motifs is 4. The predicted octanol–water partition coefficient (Wildman–Crippen LogP) is 2.86. The van der Waals surface area contributed by atoms with Gasteiger partial charge >= 0.3 is 5.97 Å². The molecule has 1 amide bonds. The maximum absolute atomic E-state index is 12.4. The molecule has 1 heterocycles. The molecule has 4 bridgehead atoms. The molecule has 6 atom stereocenters. The van der Waals surface area contributed by atoms with E-state index in [0.717, 1.165) is 12.3 Å². The number of rotatable bonds is 6. The largest absolute Gasteiger partial charge is 0.481 e. The zero-order valence-corrected chi connectivity index (χ0v) is 18.4. The van der Waals surface area contributed by atoms with Gasteiger partial charge in [-0.05, 0) is 74.0 Å². The second-order valence-corrected chi connectivity index (χ2v) is 10.6. The van der Waals surface area contributed by atoms with Gasteiger partial charge < -0.3 is 20.2 Å². The van der Waals surface area contributed by atoms with Crippen LogP contribution in [0.5, 0.6) is 0 Å². The van der Waals surface area contributed by atoms with Crippen LogP contribution in [0.25, 0.3) is 0 Å². The number of carbonyl (C=O) groups excluding carboxylic acids is 1. The first-order valence-corrected chi connectivity index (χ1v) is 12.0. The molecule has 31 heavy (non-hydrogen) atoms. The van der Waals surface area contributed by atoms with Crippen molar-refractivity contribution >= 4 is 11.9 Å². The summed E-state index contributed by atoms with van der Waals surface area (Å²) in [6.07, 6.45) is 16.2. The van der Waals surface area contributed by atoms with E-state index in [9.17, 15) is 19.8 Å². The van der Waals surface area contributed by atoms with Crippen molar-refractivity contribution in [3.8, 4) is 0 Å². The fourth-order valence-corrected chi connectivity index (χ4v) is 6.43. The van der Waals surface area contributed by atoms with Crippen LogP contribution in [0.3, 0.4) is 0 Å². The number of hydrogen-bond donors (Lipinski definition) is 3. The van der Waals surface area contributed by atoms with Crippen molar-refractivity contribution in [2.75, 3.05) is 26.3 Å². The maximum Gasteiger partial charge on any atom is 0.303 e. The fraction of sp³-hybridized carbons (Fsp3) is 0.760. The van der Waals surface area contributed by atoms with Crippen molar-refractivity contribution in [3.05, 3.63) is 24.3 Å². The third kappa shape index (κ3) is 5.06. The van der Waals surface area contributed by atoms with E-state index in [2.05, 4.69) is 24.3 Å². The zero-order valence-electron chi connectivity index (χ0n) is 18.4. The average Bonchev–Trinajstić information content (AvgIpc) is 3.56. The quantitative estimate of drug-likeness (QED) is 0.562. The van der Waals surface area contributed by atoms with Gasteiger partial charge in [-0.1, -0.05) is 24.3 Å². The molecule has 0 radical (unpaired) electrons. The van der Waals surface area contributed by atoms with Gasteiger partial charge in [0.1, 0.15) is 0 Å². The molecule has 6 nitrogen and oxygen atoms in total. The number of amides is 1. The summed E-state index contributed by atoms with van der Waals surface area (Å²) in [5.74, 6) is 3.22. The Balaban J connectivity index is 0.000000177. The predicted molar refractivity (Wildman–Crippen MR) is 117 cm³/mol. The Morgan fingerprint density at radius 1 is 0.806 bits per heavy atom. The van der Waals surface area contributed by atoms with Crippen molar-refractivity contribution in [1.82, 2.24) is 4.90 Å². The topological polar surface area (TPSA) is 98.1 Å². The monoisotopic (exact) mass is 431 g/mol. The number of aliphatic carboxylic acids is 1. The highest BCUT2D eigenvalue weighted by Gasteiger charge is 2.39. The summed E-state index contributed by atoms with van der Waals surface area (Å²) in [6, 6.07) is 0. The zero-order chi connectivity index (χ0) is 22.0. The second kappa shape index (κ2) is 9.45. The van der Waals surface area contributed by atoms with E-state index >= 15 is 0 Å². The summed E-state index contributed by atoms with van der Waals surface area (Å²) in [5.41, 5.74) is -0.369. The Morgan fingerprint density at radius 2 is 1.32 bits per heavy atom. The SMILES string of the molecule is O=C(CC1CC2C=CC1C2)N1CCC(CO)(CO)CC1.O=C(O)CC1CC2C=CC1C2. The molecule has 3 fully saturated rings. The summed E-state index contributed by atoms with van der Waals surface area (Å²) in [7, 11) is 0. The molecule has 6 unspecified atom stereocenters. The number of carbonyl (C=O) groups is 2. The van der Waals surface area contributed by atoms with Gasteiger partial charge in [0, 0.05) is 31.3 Å². The molecule has 4 aliphatic carbocycles. The number of aliphatic hydroxyl groups is 2. The number of likely N-dealkylation sites (tertiary alicyclic amines) is 1. The van der Waals surface area contributed by atoms with Crippen molar-refractivity contribution in [2.45, 2.75) is 51.4 Å². The molecule has 5 aliphatic rings. The summed E-state index contributed by atoms with van der Waals surface area (Å²) in [5, 5.41) is 27.4. The van der Waals surface area contributed by atoms with Crippen LogP contribution in [0, 0.1) is 40.9 Å². The van der Waals surface area contributed by atoms with Gasteiger partial charge in [0.15, 0.2) is 0 Å². The van der Waals surface area contributed by atoms with Gasteiger partial charge in [-0.15, -0.1) is 0 Å². The molecule has 6 heteroatoms. The summed E-state index contributed by atoms with van der Waals surface area (Å²) >= 11 is 0. The van der Waals surface area contributed by atoms with Crippen LogP contribution in [-0.2, 0) is 9.59 Å². The Hall–Kier alpha value is -1.66. The molecule has 5 rings (SSSR count). The van der Waals surface area contributed by atoms with Gasteiger partial charge in [0.25, 0.3) is 0 Å². The van der Waals surface area contributed by atoms with E-state index in [4.69, 9.17) is 5.11 Å². The van der Waals surface area contributed by atoms with Crippen molar-refractivity contribution in [3.63, 3.8) is 0 Å². The Morgan fingerprint density at radius 3 is 1.71 bits per heavy atom. The highest BCUT2D eigenvalue weighted by molar-refractivity contribution is 5.76. The normalized spacial score (nSPS) is 36.5. The minimum Gasteiger partial charge on any atom is -0.481 e. The smallest absolute Gasteiger partial charge is 0.303 e. The van der Waals surface area contributed by atoms with Gasteiger partial charge in [-0.25, -0.2) is 0 Å². The first-order valence-electron chi connectivity index (χ1n) is 12.0. The van der Waals surface area contributed by atoms with E-state index < -0.39 is 5.97 Å². The molecule has 1 aliphatic heterocycles. The van der Waals surface area contributed by atoms with Gasteiger partial charge in [0.2, 0.25) is 5.91 Å². The van der Waals surface area contributed by atoms with Crippen LogP contribution in [0.2, 0.25) is 0 Å². The average molecular weight is 432 g/mol. The Bertz CT molecular complexity index is 717. The fourth-order valence-electron chi connectivity index (χ4n) is 6.43. The van der Waals surface area contributed by atoms with Gasteiger partial charge in [-0.2, -0.15) is 0 Å². The standard InChI is InChI=1S/C16H25NO3.C9H12O2/c18-10-16(11-19)3-5-17(6-4-16)15(20)9-14-8-12-1-2-13(14)7-12;10-9(11)5-8-4-6-1-2-7(8)3-6/h1-2,12-14,18-19H,3-11H2;1-2,6-8H,3-5H2,(H,10,11). The highest BCUT2D eigenvalue weighted by Crippen LogP contribution is 2.46. The number of aliphatic hydroxyl groups excluding tert-OH is 2. The third-order valence-corrected chi connectivity index (χ3v) is 8.55. The number of carboxylic acid groups (broad SMARTS) is 1. The van der Waals surface area contributed by atoms with Crippen LogP contribution >= 0.6 is 0 Å². The highest BCUT2D eigenvalue weighted by atomic mass is 16.4. The van der Waals surface area contributed by atoms with Crippen LogP contribution in [-0.4, -0.2) is 58.4 Å². The number of nitrogens with zero attached hydrogens (tertiary/aromatic N) is 1. The molecule has 0 aromatic carbocycles. The third-order valence-electron chi connectivity index (χ3n) is 8.55. The number of piperidine rings is 1. The molecule has 172 valence electrons. The molecule has 1 saturated heterocycles. The number of allylic oxidation sites excluding steroid dienone is 4. The lowest BCUT2D eigenvalue weighted by Crippen LogP contribution is -2.46. The molecule has 0 aromatic rings. The van der Waals surface area contributed by atoms with Crippen LogP contribution in [0.4, 0.5) is 0 Å². The van der Waals surface area contributed by atoms with Crippen molar-refractivity contribution < 1.29 is 24.9 Å². The van der Waals surface area contributed by atoms with Crippen molar-refractivity contribution in [2.24, 2.45) is 40.9 Å². The first kappa shape index (κ1) is 22.5. The van der Waals surface area contributed by atoms with Gasteiger partial charge in [-0.3, -0.25) is 9.59 Å². The number of carboxylic acids is 1. The Kier molecular flexibility index (Phi) is 6.87. The molecule has 0 aromatic heterocycles. The molecular weight excluding hydrogens is 394 g/mol. The number of hydrogen-bond acceptors (Lipinski definition) is 4. The van der Waals surface area contributed by atoms with Gasteiger partial charge in [0.05, 0.1) is 13.2 Å². The van der Waals surface area contributed by atoms with E-state index in [1.54, 1.807) is 0 Å². The lowest BCUT2D eigenvalue weighted by Gasteiger charge is -2.40. The lowest BCUT2D eigenvalue weighted by molar-refractivity contribution is -0.138. The summed E-state index contributed by atoms with van der Waals surface area (Å²) in [4.78, 5) is 24.7. The molecular formula is C25H37NO5. The lowest BCUT2D eigenvalue weighted by atomic mass is 9.79. The van der Waals surface area contributed by atoms with E-state index in [-0.39, 0.29) is 24.5 Å². The van der Waals surface area contributed by atoms with Crippen molar-refractivity contribution in [1.29, 1.82) is 0 Å². The Labute approximate surface area is 185 Å². The minimum atomic E-state index is -0.643. The van der Waals surface area contributed by atoms with E-state index in [1.807, 2.05) is 4.90 Å². The maximum atomic E-state index is 12.4. The van der Waals surface area contributed by atoms with Crippen LogP contribution < -0.4 is 0 Å². The first-order chi connectivity index (χ1) is 14.9.